The van der Waals surface area contributed by atoms with E-state index in [1.807, 2.05) is 114 Å². The minimum Gasteiger partial charge on any atom is -0.476 e. The van der Waals surface area contributed by atoms with Crippen LogP contribution >= 0.6 is 0 Å². The molecule has 2 heterocycles. The summed E-state index contributed by atoms with van der Waals surface area (Å²) in [6, 6.07) is 32.4. The molecule has 1 unspecified atom stereocenters. The number of nitrogens with zero attached hydrogens (tertiary/aromatic N) is 3. The monoisotopic (exact) mass is 434 g/mol. The minimum absolute atomic E-state index is 0.235. The molecule has 0 aliphatic heterocycles. The van der Waals surface area contributed by atoms with Crippen LogP contribution in [0.4, 0.5) is 5.69 Å². The van der Waals surface area contributed by atoms with E-state index < -0.39 is 6.10 Å². The van der Waals surface area contributed by atoms with Gasteiger partial charge in [-0.1, -0.05) is 66.7 Å². The van der Waals surface area contributed by atoms with Gasteiger partial charge in [-0.15, -0.1) is 10.2 Å². The lowest BCUT2D eigenvalue weighted by molar-refractivity contribution is -0.123. The van der Waals surface area contributed by atoms with Gasteiger partial charge in [0.1, 0.15) is 11.6 Å². The van der Waals surface area contributed by atoms with Gasteiger partial charge in [0, 0.05) is 23.9 Å². The first kappa shape index (κ1) is 20.5. The minimum atomic E-state index is -0.768. The van der Waals surface area contributed by atoms with E-state index in [4.69, 9.17) is 4.74 Å². The van der Waals surface area contributed by atoms with Gasteiger partial charge in [-0.2, -0.15) is 0 Å². The van der Waals surface area contributed by atoms with E-state index in [9.17, 15) is 4.79 Å². The molecular formula is C27H22N4O2. The maximum Gasteiger partial charge on any atom is 0.270 e. The zero-order chi connectivity index (χ0) is 22.5. The van der Waals surface area contributed by atoms with Gasteiger partial charge in [0.05, 0.1) is 0 Å². The molecule has 0 fully saturated rings. The molecule has 0 saturated heterocycles. The van der Waals surface area contributed by atoms with E-state index in [1.165, 1.54) is 0 Å². The van der Waals surface area contributed by atoms with E-state index in [0.717, 1.165) is 22.6 Å². The zero-order valence-electron chi connectivity index (χ0n) is 17.8. The fraction of sp³-hybridized carbons (Fsp3) is 0.0741. The normalized spacial score (nSPS) is 11.8. The number of anilines is 1. The summed E-state index contributed by atoms with van der Waals surface area (Å²) < 4.78 is 8.01. The molecule has 3 aromatic carbocycles. The van der Waals surface area contributed by atoms with Crippen LogP contribution in [0.3, 0.4) is 0 Å². The third-order valence-electron chi connectivity index (χ3n) is 5.31. The highest BCUT2D eigenvalue weighted by molar-refractivity contribution is 5.95. The first-order chi connectivity index (χ1) is 16.3. The van der Waals surface area contributed by atoms with Crippen molar-refractivity contribution >= 4 is 17.2 Å². The number of rotatable bonds is 7. The zero-order valence-corrected chi connectivity index (χ0v) is 17.8. The number of aromatic nitrogens is 3. The third kappa shape index (κ3) is 4.75. The summed E-state index contributed by atoms with van der Waals surface area (Å²) in [5.41, 5.74) is 3.38. The quantitative estimate of drug-likeness (QED) is 0.388. The molecule has 0 aliphatic rings. The molecule has 2 aromatic heterocycles. The van der Waals surface area contributed by atoms with Crippen LogP contribution in [0.2, 0.25) is 0 Å². The van der Waals surface area contributed by atoms with E-state index >= 15 is 0 Å². The van der Waals surface area contributed by atoms with Crippen molar-refractivity contribution in [3.63, 3.8) is 0 Å². The number of hydrogen-bond donors (Lipinski definition) is 1. The summed E-state index contributed by atoms with van der Waals surface area (Å²) >= 11 is 0. The molecule has 0 bridgehead atoms. The molecule has 0 aliphatic carbocycles. The predicted octanol–water partition coefficient (Wildman–Crippen LogP) is 5.08. The smallest absolute Gasteiger partial charge is 0.270 e. The fourth-order valence-corrected chi connectivity index (χ4v) is 3.64. The number of carbonyl (C=O) groups is 1. The lowest BCUT2D eigenvalue weighted by Crippen LogP contribution is -2.25. The van der Waals surface area contributed by atoms with Gasteiger partial charge in [0.2, 0.25) is 6.10 Å². The highest BCUT2D eigenvalue weighted by atomic mass is 16.5. The molecular weight excluding hydrogens is 412 g/mol. The Morgan fingerprint density at radius 1 is 0.818 bits per heavy atom. The molecule has 162 valence electrons. The number of fused-ring (bicyclic) bond motifs is 1. The number of ether oxygens (including phenoxy) is 1. The van der Waals surface area contributed by atoms with E-state index in [0.29, 0.717) is 17.9 Å². The van der Waals surface area contributed by atoms with Crippen LogP contribution in [0.25, 0.3) is 5.65 Å². The Morgan fingerprint density at radius 3 is 2.27 bits per heavy atom. The van der Waals surface area contributed by atoms with Gasteiger partial charge in [-0.25, -0.2) is 0 Å². The van der Waals surface area contributed by atoms with Crippen molar-refractivity contribution in [3.8, 4) is 5.75 Å². The summed E-state index contributed by atoms with van der Waals surface area (Å²) in [5, 5.41) is 11.5. The Morgan fingerprint density at radius 2 is 1.52 bits per heavy atom. The Hall–Kier alpha value is -4.45. The number of hydrogen-bond acceptors (Lipinski definition) is 4. The first-order valence-corrected chi connectivity index (χ1v) is 10.7. The average molecular weight is 434 g/mol. The van der Waals surface area contributed by atoms with Crippen molar-refractivity contribution in [2.45, 2.75) is 12.5 Å². The third-order valence-corrected chi connectivity index (χ3v) is 5.31. The van der Waals surface area contributed by atoms with Gasteiger partial charge in [0.25, 0.3) is 5.91 Å². The second-order valence-corrected chi connectivity index (χ2v) is 7.63. The van der Waals surface area contributed by atoms with Crippen LogP contribution in [0.15, 0.2) is 109 Å². The van der Waals surface area contributed by atoms with Gasteiger partial charge in [0.15, 0.2) is 5.65 Å². The van der Waals surface area contributed by atoms with Gasteiger partial charge in [-0.3, -0.25) is 9.20 Å². The Balaban J connectivity index is 1.31. The van der Waals surface area contributed by atoms with Crippen molar-refractivity contribution in [2.24, 2.45) is 0 Å². The molecule has 33 heavy (non-hydrogen) atoms. The lowest BCUT2D eigenvalue weighted by atomic mass is 10.1. The van der Waals surface area contributed by atoms with Crippen LogP contribution < -0.4 is 10.1 Å². The van der Waals surface area contributed by atoms with E-state index in [2.05, 4.69) is 15.5 Å². The van der Waals surface area contributed by atoms with Crippen molar-refractivity contribution in [2.75, 3.05) is 5.32 Å². The topological polar surface area (TPSA) is 68.5 Å². The van der Waals surface area contributed by atoms with Gasteiger partial charge < -0.3 is 10.1 Å². The van der Waals surface area contributed by atoms with Crippen LogP contribution in [-0.2, 0) is 11.2 Å². The number of carbonyl (C=O) groups excluding carboxylic acids is 1. The molecule has 5 aromatic rings. The van der Waals surface area contributed by atoms with Crippen LogP contribution in [0.1, 0.15) is 23.1 Å². The number of benzene rings is 3. The van der Waals surface area contributed by atoms with Crippen LogP contribution in [-0.4, -0.2) is 20.5 Å². The molecule has 5 rings (SSSR count). The first-order valence-electron chi connectivity index (χ1n) is 10.7. The van der Waals surface area contributed by atoms with E-state index in [1.54, 1.807) is 0 Å². The summed E-state index contributed by atoms with van der Waals surface area (Å²) in [6.45, 7) is 0. The standard InChI is InChI=1S/C27H22N4O2/c32-27(26(21-9-3-1-4-10-21)33-23-11-5-2-6-12-23)28-22-16-14-20(15-17-22)19-25-30-29-24-13-7-8-18-31(24)25/h1-18,26H,19H2,(H,28,32). The van der Waals surface area contributed by atoms with Gasteiger partial charge >= 0.3 is 0 Å². The number of amides is 1. The highest BCUT2D eigenvalue weighted by Crippen LogP contribution is 2.24. The van der Waals surface area contributed by atoms with Crippen molar-refractivity contribution in [1.29, 1.82) is 0 Å². The molecule has 0 spiro atoms. The summed E-state index contributed by atoms with van der Waals surface area (Å²) in [6.07, 6.45) is 1.83. The predicted molar refractivity (Wildman–Crippen MR) is 127 cm³/mol. The lowest BCUT2D eigenvalue weighted by Gasteiger charge is -2.19. The second-order valence-electron chi connectivity index (χ2n) is 7.63. The van der Waals surface area contributed by atoms with Crippen molar-refractivity contribution < 1.29 is 9.53 Å². The highest BCUT2D eigenvalue weighted by Gasteiger charge is 2.23. The molecule has 1 atom stereocenters. The molecule has 1 amide bonds. The second kappa shape index (κ2) is 9.36. The summed E-state index contributed by atoms with van der Waals surface area (Å²) in [4.78, 5) is 13.1. The van der Waals surface area contributed by atoms with Crippen LogP contribution in [0.5, 0.6) is 5.75 Å². The SMILES string of the molecule is O=C(Nc1ccc(Cc2nnc3ccccn23)cc1)C(Oc1ccccc1)c1ccccc1. The Bertz CT molecular complexity index is 1350. The number of para-hydroxylation sites is 1. The Labute approximate surface area is 191 Å². The maximum atomic E-state index is 13.1. The fourth-order valence-electron chi connectivity index (χ4n) is 3.64. The molecule has 0 saturated carbocycles. The average Bonchev–Trinajstić information content (AvgIpc) is 3.27. The largest absolute Gasteiger partial charge is 0.476 e. The number of nitrogens with one attached hydrogen (secondary N) is 1. The molecule has 1 N–H and O–H groups in total. The van der Waals surface area contributed by atoms with Gasteiger partial charge in [-0.05, 0) is 42.0 Å². The number of pyridine rings is 1. The molecule has 6 nitrogen and oxygen atoms in total. The van der Waals surface area contributed by atoms with Crippen LogP contribution in [0, 0.1) is 0 Å². The van der Waals surface area contributed by atoms with Crippen molar-refractivity contribution in [1.82, 2.24) is 14.6 Å². The Kier molecular flexibility index (Phi) is 5.80. The molecule has 6 heteroatoms. The summed E-state index contributed by atoms with van der Waals surface area (Å²) in [5.74, 6) is 1.27. The summed E-state index contributed by atoms with van der Waals surface area (Å²) in [7, 11) is 0. The van der Waals surface area contributed by atoms with E-state index in [-0.39, 0.29) is 5.91 Å². The maximum absolute atomic E-state index is 13.1. The molecule has 0 radical (unpaired) electrons. The van der Waals surface area contributed by atoms with Crippen molar-refractivity contribution in [3.05, 3.63) is 126 Å².